The normalized spacial score (nSPS) is 10.5. The SMILES string of the molecule is COCCC(=O)c1ccc(OCc2ccc(F)cc2)c(C)c1. The summed E-state index contributed by atoms with van der Waals surface area (Å²) in [5.74, 6) is 0.501. The van der Waals surface area contributed by atoms with Gasteiger partial charge in [-0.15, -0.1) is 0 Å². The van der Waals surface area contributed by atoms with Gasteiger partial charge in [-0.1, -0.05) is 12.1 Å². The quantitative estimate of drug-likeness (QED) is 0.727. The molecule has 0 unspecified atom stereocenters. The predicted molar refractivity (Wildman–Crippen MR) is 82.7 cm³/mol. The monoisotopic (exact) mass is 302 g/mol. The van der Waals surface area contributed by atoms with Gasteiger partial charge >= 0.3 is 0 Å². The molecule has 2 rings (SSSR count). The highest BCUT2D eigenvalue weighted by Crippen LogP contribution is 2.21. The van der Waals surface area contributed by atoms with Gasteiger partial charge in [0.15, 0.2) is 5.78 Å². The molecule has 0 heterocycles. The van der Waals surface area contributed by atoms with Crippen LogP contribution >= 0.6 is 0 Å². The fourth-order valence-corrected chi connectivity index (χ4v) is 2.07. The van der Waals surface area contributed by atoms with Crippen molar-refractivity contribution in [3.8, 4) is 5.75 Å². The molecule has 0 bridgehead atoms. The molecule has 0 N–H and O–H groups in total. The van der Waals surface area contributed by atoms with Crippen LogP contribution in [0.4, 0.5) is 4.39 Å². The Bertz CT molecular complexity index is 635. The van der Waals surface area contributed by atoms with E-state index < -0.39 is 0 Å². The highest BCUT2D eigenvalue weighted by atomic mass is 19.1. The number of Topliss-reactive ketones (excluding diaryl/α,β-unsaturated/α-hetero) is 1. The minimum absolute atomic E-state index is 0.0510. The number of carbonyl (C=O) groups excluding carboxylic acids is 1. The van der Waals surface area contributed by atoms with Crippen molar-refractivity contribution in [2.45, 2.75) is 20.0 Å². The molecule has 4 heteroatoms. The molecule has 116 valence electrons. The Morgan fingerprint density at radius 3 is 2.50 bits per heavy atom. The number of methoxy groups -OCH3 is 1. The molecule has 0 spiro atoms. The van der Waals surface area contributed by atoms with Crippen LogP contribution in [0.15, 0.2) is 42.5 Å². The fourth-order valence-electron chi connectivity index (χ4n) is 2.07. The molecule has 0 aliphatic heterocycles. The number of benzene rings is 2. The zero-order valence-corrected chi connectivity index (χ0v) is 12.8. The first-order valence-corrected chi connectivity index (χ1v) is 7.10. The Morgan fingerprint density at radius 2 is 1.86 bits per heavy atom. The molecule has 0 atom stereocenters. The first-order valence-electron chi connectivity index (χ1n) is 7.10. The zero-order chi connectivity index (χ0) is 15.9. The van der Waals surface area contributed by atoms with Crippen LogP contribution in [0.3, 0.4) is 0 Å². The van der Waals surface area contributed by atoms with Crippen LogP contribution < -0.4 is 4.74 Å². The minimum Gasteiger partial charge on any atom is -0.489 e. The van der Waals surface area contributed by atoms with E-state index in [1.165, 1.54) is 12.1 Å². The molecule has 0 aliphatic carbocycles. The highest BCUT2D eigenvalue weighted by Gasteiger charge is 2.08. The van der Waals surface area contributed by atoms with Gasteiger partial charge in [0, 0.05) is 19.1 Å². The van der Waals surface area contributed by atoms with Gasteiger partial charge in [0.05, 0.1) is 6.61 Å². The van der Waals surface area contributed by atoms with Gasteiger partial charge in [0.2, 0.25) is 0 Å². The van der Waals surface area contributed by atoms with E-state index >= 15 is 0 Å². The Kier molecular flexibility index (Phi) is 5.67. The first kappa shape index (κ1) is 16.2. The highest BCUT2D eigenvalue weighted by molar-refractivity contribution is 5.96. The summed E-state index contributed by atoms with van der Waals surface area (Å²) in [6.07, 6.45) is 0.367. The lowest BCUT2D eigenvalue weighted by Crippen LogP contribution is -2.04. The third-order valence-electron chi connectivity index (χ3n) is 3.34. The van der Waals surface area contributed by atoms with Crippen LogP contribution in [0.25, 0.3) is 0 Å². The number of ether oxygens (including phenoxy) is 2. The molecule has 0 amide bonds. The van der Waals surface area contributed by atoms with Crippen LogP contribution in [0.1, 0.15) is 27.9 Å². The van der Waals surface area contributed by atoms with Crippen LogP contribution in [0, 0.1) is 12.7 Å². The van der Waals surface area contributed by atoms with Crippen molar-refractivity contribution in [1.29, 1.82) is 0 Å². The van der Waals surface area contributed by atoms with E-state index in [0.29, 0.717) is 30.9 Å². The smallest absolute Gasteiger partial charge is 0.165 e. The molecular weight excluding hydrogens is 283 g/mol. The van der Waals surface area contributed by atoms with Gasteiger partial charge in [0.25, 0.3) is 0 Å². The second kappa shape index (κ2) is 7.71. The summed E-state index contributed by atoms with van der Waals surface area (Å²) in [7, 11) is 1.57. The number of rotatable bonds is 7. The van der Waals surface area contributed by atoms with Crippen molar-refractivity contribution in [3.63, 3.8) is 0 Å². The molecule has 0 aliphatic rings. The molecule has 22 heavy (non-hydrogen) atoms. The second-order valence-electron chi connectivity index (χ2n) is 5.06. The summed E-state index contributed by atoms with van der Waals surface area (Å²) >= 11 is 0. The molecule has 2 aromatic rings. The molecule has 0 saturated carbocycles. The summed E-state index contributed by atoms with van der Waals surface area (Å²) in [6, 6.07) is 11.6. The van der Waals surface area contributed by atoms with Crippen LogP contribution in [-0.2, 0) is 11.3 Å². The summed E-state index contributed by atoms with van der Waals surface area (Å²) in [4.78, 5) is 11.9. The Labute approximate surface area is 129 Å². The van der Waals surface area contributed by atoms with Crippen LogP contribution in [0.5, 0.6) is 5.75 Å². The number of halogens is 1. The van der Waals surface area contributed by atoms with E-state index in [2.05, 4.69) is 0 Å². The summed E-state index contributed by atoms with van der Waals surface area (Å²) < 4.78 is 23.5. The van der Waals surface area contributed by atoms with Crippen molar-refractivity contribution in [2.24, 2.45) is 0 Å². The molecule has 0 fully saturated rings. The number of carbonyl (C=O) groups is 1. The first-order chi connectivity index (χ1) is 10.6. The van der Waals surface area contributed by atoms with Gasteiger partial charge < -0.3 is 9.47 Å². The molecule has 0 aromatic heterocycles. The zero-order valence-electron chi connectivity index (χ0n) is 12.8. The van der Waals surface area contributed by atoms with Gasteiger partial charge in [-0.3, -0.25) is 4.79 Å². The van der Waals surface area contributed by atoms with E-state index in [0.717, 1.165) is 11.1 Å². The average molecular weight is 302 g/mol. The van der Waals surface area contributed by atoms with Crippen molar-refractivity contribution in [2.75, 3.05) is 13.7 Å². The van der Waals surface area contributed by atoms with E-state index in [4.69, 9.17) is 9.47 Å². The molecule has 0 radical (unpaired) electrons. The standard InChI is InChI=1S/C18H19FO3/c1-13-11-15(17(20)9-10-21-2)5-8-18(13)22-12-14-3-6-16(19)7-4-14/h3-8,11H,9-10,12H2,1-2H3. The number of hydrogen-bond donors (Lipinski definition) is 0. The van der Waals surface area contributed by atoms with Crippen LogP contribution in [-0.4, -0.2) is 19.5 Å². The number of aryl methyl sites for hydroxylation is 1. The maximum Gasteiger partial charge on any atom is 0.165 e. The van der Waals surface area contributed by atoms with Crippen molar-refractivity contribution in [1.82, 2.24) is 0 Å². The fraction of sp³-hybridized carbons (Fsp3) is 0.278. The van der Waals surface area contributed by atoms with E-state index in [1.807, 2.05) is 13.0 Å². The van der Waals surface area contributed by atoms with Crippen molar-refractivity contribution >= 4 is 5.78 Å². The third-order valence-corrected chi connectivity index (χ3v) is 3.34. The lowest BCUT2D eigenvalue weighted by molar-refractivity contribution is 0.0932. The van der Waals surface area contributed by atoms with Crippen molar-refractivity contribution in [3.05, 3.63) is 65.0 Å². The lowest BCUT2D eigenvalue weighted by Gasteiger charge is -2.10. The van der Waals surface area contributed by atoms with Gasteiger partial charge in [-0.25, -0.2) is 4.39 Å². The number of ketones is 1. The third kappa shape index (κ3) is 4.40. The summed E-state index contributed by atoms with van der Waals surface area (Å²) in [5.41, 5.74) is 2.44. The maximum atomic E-state index is 12.8. The van der Waals surface area contributed by atoms with E-state index in [-0.39, 0.29) is 11.6 Å². The van der Waals surface area contributed by atoms with Gasteiger partial charge in [-0.2, -0.15) is 0 Å². The molecule has 2 aromatic carbocycles. The Hall–Kier alpha value is -2.20. The van der Waals surface area contributed by atoms with Gasteiger partial charge in [0.1, 0.15) is 18.2 Å². The van der Waals surface area contributed by atoms with Crippen molar-refractivity contribution < 1.29 is 18.7 Å². The lowest BCUT2D eigenvalue weighted by atomic mass is 10.1. The molecule has 3 nitrogen and oxygen atoms in total. The van der Waals surface area contributed by atoms with Crippen LogP contribution in [0.2, 0.25) is 0 Å². The Morgan fingerprint density at radius 1 is 1.14 bits per heavy atom. The van der Waals surface area contributed by atoms with Gasteiger partial charge in [-0.05, 0) is 48.4 Å². The molecular formula is C18H19FO3. The largest absolute Gasteiger partial charge is 0.489 e. The average Bonchev–Trinajstić information content (AvgIpc) is 2.53. The molecule has 0 saturated heterocycles. The predicted octanol–water partition coefficient (Wildman–Crippen LogP) is 3.93. The van der Waals surface area contributed by atoms with E-state index in [9.17, 15) is 9.18 Å². The number of hydrogen-bond acceptors (Lipinski definition) is 3. The maximum absolute atomic E-state index is 12.8. The minimum atomic E-state index is -0.265. The second-order valence-corrected chi connectivity index (χ2v) is 5.06. The van der Waals surface area contributed by atoms with E-state index in [1.54, 1.807) is 31.4 Å². The topological polar surface area (TPSA) is 35.5 Å². The summed E-state index contributed by atoms with van der Waals surface area (Å²) in [5, 5.41) is 0. The Balaban J connectivity index is 2.00. The summed E-state index contributed by atoms with van der Waals surface area (Å²) in [6.45, 7) is 2.67.